The summed E-state index contributed by atoms with van der Waals surface area (Å²) >= 11 is 0. The lowest BCUT2D eigenvalue weighted by Crippen LogP contribution is -2.35. The molecule has 0 radical (unpaired) electrons. The molecular weight excluding hydrogens is 414 g/mol. The monoisotopic (exact) mass is 427 g/mol. The van der Waals surface area contributed by atoms with Crippen LogP contribution in [0.4, 0.5) is 17.6 Å². The fourth-order valence-electron chi connectivity index (χ4n) is 3.15. The Kier molecular flexibility index (Phi) is 5.46. The van der Waals surface area contributed by atoms with E-state index < -0.39 is 45.3 Å². The summed E-state index contributed by atoms with van der Waals surface area (Å²) in [5.74, 6) is -4.45. The van der Waals surface area contributed by atoms with Gasteiger partial charge in [-0.25, -0.2) is 8.78 Å². The van der Waals surface area contributed by atoms with Gasteiger partial charge in [0, 0.05) is 38.6 Å². The number of benzene rings is 2. The first kappa shape index (κ1) is 20.6. The molecular formula is C18H13F4N3O3S. The van der Waals surface area contributed by atoms with Gasteiger partial charge in [-0.15, -0.1) is 0 Å². The van der Waals surface area contributed by atoms with E-state index in [1.807, 2.05) is 0 Å². The summed E-state index contributed by atoms with van der Waals surface area (Å²) in [7, 11) is -4.80. The molecule has 0 unspecified atom stereocenters. The van der Waals surface area contributed by atoms with Crippen molar-refractivity contribution in [2.24, 2.45) is 0 Å². The fraction of sp³-hybridized carbons (Fsp3) is 0.222. The maximum atomic E-state index is 14.2. The van der Waals surface area contributed by atoms with Gasteiger partial charge in [-0.2, -0.15) is 19.3 Å². The van der Waals surface area contributed by atoms with Crippen LogP contribution in [-0.2, 0) is 16.5 Å². The molecule has 0 saturated carbocycles. The van der Waals surface area contributed by atoms with Gasteiger partial charge in [-0.3, -0.25) is 8.93 Å². The molecule has 0 amide bonds. The Morgan fingerprint density at radius 2 is 2.00 bits per heavy atom. The van der Waals surface area contributed by atoms with Gasteiger partial charge in [-0.05, 0) is 24.3 Å². The van der Waals surface area contributed by atoms with Gasteiger partial charge in [0.25, 0.3) is 0 Å². The fourth-order valence-corrected chi connectivity index (χ4v) is 4.65. The van der Waals surface area contributed by atoms with Crippen molar-refractivity contribution in [3.63, 3.8) is 0 Å². The largest absolute Gasteiger partial charge is 0.457 e. The van der Waals surface area contributed by atoms with Crippen LogP contribution in [0.2, 0.25) is 0 Å². The van der Waals surface area contributed by atoms with Crippen LogP contribution in [0.3, 0.4) is 0 Å². The van der Waals surface area contributed by atoms with Gasteiger partial charge >= 0.3 is 5.76 Å². The lowest BCUT2D eigenvalue weighted by Gasteiger charge is -2.26. The number of alkyl halides is 3. The Labute approximate surface area is 163 Å². The summed E-state index contributed by atoms with van der Waals surface area (Å²) in [6.45, 7) is 0. The van der Waals surface area contributed by atoms with Gasteiger partial charge in [-0.1, -0.05) is 0 Å². The lowest BCUT2D eigenvalue weighted by molar-refractivity contribution is 0.0906. The van der Waals surface area contributed by atoms with Crippen molar-refractivity contribution < 1.29 is 31.6 Å². The van der Waals surface area contributed by atoms with Crippen LogP contribution in [0.25, 0.3) is 0 Å². The molecule has 0 heterocycles. The minimum atomic E-state index is -4.80. The third-order valence-corrected chi connectivity index (χ3v) is 6.49. The number of nitriles is 2. The molecule has 0 fully saturated rings. The Hall–Kier alpha value is -3.15. The molecule has 0 aromatic heterocycles. The van der Waals surface area contributed by atoms with Crippen molar-refractivity contribution in [3.05, 3.63) is 52.8 Å². The van der Waals surface area contributed by atoms with E-state index in [9.17, 15) is 26.9 Å². The van der Waals surface area contributed by atoms with E-state index in [4.69, 9.17) is 15.3 Å². The number of nitrogens with one attached hydrogen (secondary N) is 1. The summed E-state index contributed by atoms with van der Waals surface area (Å²) in [5.41, 5.74) is -0.443. The first-order chi connectivity index (χ1) is 13.7. The zero-order chi connectivity index (χ0) is 21.3. The van der Waals surface area contributed by atoms with Crippen LogP contribution in [-0.4, -0.2) is 21.2 Å². The third-order valence-electron chi connectivity index (χ3n) is 4.41. The SMILES string of the molecule is N#CN[SH](=O)(c1ccc(Oc2cc(F)cc(C#N)c2)c2c1[C@H](O)[C@H](F)C2)C(F)F. The molecule has 2 aromatic rings. The average Bonchev–Trinajstić information content (AvgIpc) is 2.97. The molecule has 0 aliphatic heterocycles. The molecule has 0 bridgehead atoms. The van der Waals surface area contributed by atoms with E-state index in [0.717, 1.165) is 24.3 Å². The van der Waals surface area contributed by atoms with Crippen molar-refractivity contribution in [2.45, 2.75) is 29.3 Å². The Balaban J connectivity index is 2.14. The first-order valence-corrected chi connectivity index (χ1v) is 9.90. The Morgan fingerprint density at radius 1 is 1.28 bits per heavy atom. The molecule has 2 aromatic carbocycles. The van der Waals surface area contributed by atoms with Gasteiger partial charge in [0.1, 0.15) is 29.6 Å². The highest BCUT2D eigenvalue weighted by Gasteiger charge is 2.41. The molecule has 11 heteroatoms. The number of nitrogens with zero attached hydrogens (tertiary/aromatic N) is 2. The summed E-state index contributed by atoms with van der Waals surface area (Å²) in [6.07, 6.45) is -2.98. The van der Waals surface area contributed by atoms with Crippen LogP contribution in [0.5, 0.6) is 11.5 Å². The zero-order valence-corrected chi connectivity index (χ0v) is 15.3. The molecule has 6 nitrogen and oxygen atoms in total. The molecule has 2 N–H and O–H groups in total. The van der Waals surface area contributed by atoms with Gasteiger partial charge < -0.3 is 9.84 Å². The highest BCUT2D eigenvalue weighted by molar-refractivity contribution is 8.01. The standard InChI is InChI=1S/C18H13F4N3O3S/c19-10-3-9(7-23)4-11(5-10)28-14-1-2-15(29(27,18(21)22)25-8-24)16-12(14)6-13(20)17(16)26/h1-5,13,17-18,26,29H,6H2,(H,25,27)/t13-,17-/m1/s1. The molecule has 3 rings (SSSR count). The van der Waals surface area contributed by atoms with Crippen molar-refractivity contribution in [1.82, 2.24) is 4.72 Å². The first-order valence-electron chi connectivity index (χ1n) is 8.12. The topological polar surface area (TPSA) is 106 Å². The Morgan fingerprint density at radius 3 is 2.62 bits per heavy atom. The third kappa shape index (κ3) is 3.62. The van der Waals surface area contributed by atoms with Crippen molar-refractivity contribution in [2.75, 3.05) is 0 Å². The molecule has 0 spiro atoms. The maximum Gasteiger partial charge on any atom is 0.309 e. The number of hydrogen-bond donors (Lipinski definition) is 3. The maximum absolute atomic E-state index is 14.2. The predicted octanol–water partition coefficient (Wildman–Crippen LogP) is 3.00. The minimum Gasteiger partial charge on any atom is -0.457 e. The van der Waals surface area contributed by atoms with E-state index in [0.29, 0.717) is 0 Å². The summed E-state index contributed by atoms with van der Waals surface area (Å²) < 4.78 is 74.5. The van der Waals surface area contributed by atoms with Gasteiger partial charge in [0.2, 0.25) is 0 Å². The van der Waals surface area contributed by atoms with Crippen LogP contribution in [0.1, 0.15) is 22.8 Å². The second-order valence-corrected chi connectivity index (χ2v) is 8.60. The van der Waals surface area contributed by atoms with Crippen molar-refractivity contribution in [3.8, 4) is 23.8 Å². The molecule has 2 atom stereocenters. The number of hydrogen-bond acceptors (Lipinski definition) is 5. The van der Waals surface area contributed by atoms with Crippen LogP contribution in [0, 0.1) is 28.6 Å². The highest BCUT2D eigenvalue weighted by atomic mass is 32.3. The van der Waals surface area contributed by atoms with E-state index in [1.54, 1.807) is 10.8 Å². The summed E-state index contributed by atoms with van der Waals surface area (Å²) in [5, 5.41) is 27.8. The number of rotatable bonds is 5. The van der Waals surface area contributed by atoms with Gasteiger partial charge in [0.15, 0.2) is 6.19 Å². The van der Waals surface area contributed by atoms with E-state index >= 15 is 0 Å². The smallest absolute Gasteiger partial charge is 0.309 e. The number of fused-ring (bicyclic) bond motifs is 1. The zero-order valence-electron chi connectivity index (χ0n) is 14.4. The molecule has 0 saturated heterocycles. The predicted molar refractivity (Wildman–Crippen MR) is 93.7 cm³/mol. The van der Waals surface area contributed by atoms with E-state index in [1.165, 1.54) is 12.3 Å². The number of aliphatic hydroxyl groups excluding tert-OH is 1. The molecule has 29 heavy (non-hydrogen) atoms. The minimum absolute atomic E-state index is 0.0362. The highest BCUT2D eigenvalue weighted by Crippen LogP contribution is 2.45. The molecule has 152 valence electrons. The quantitative estimate of drug-likeness (QED) is 0.294. The van der Waals surface area contributed by atoms with Gasteiger partial charge in [0.05, 0.1) is 11.6 Å². The number of thiol groups is 1. The second-order valence-electron chi connectivity index (χ2n) is 6.19. The number of ether oxygens (including phenoxy) is 1. The second kappa shape index (κ2) is 7.70. The number of aliphatic hydroxyl groups is 1. The molecule has 1 aliphatic rings. The summed E-state index contributed by atoms with van der Waals surface area (Å²) in [6, 6.07) is 6.93. The number of halogens is 4. The molecule has 1 aliphatic carbocycles. The van der Waals surface area contributed by atoms with Crippen LogP contribution in [0.15, 0.2) is 35.2 Å². The lowest BCUT2D eigenvalue weighted by atomic mass is 10.1. The summed E-state index contributed by atoms with van der Waals surface area (Å²) in [4.78, 5) is -0.582. The average molecular weight is 427 g/mol. The van der Waals surface area contributed by atoms with Crippen LogP contribution >= 0.6 is 0 Å². The Bertz CT molecular complexity index is 1100. The van der Waals surface area contributed by atoms with Crippen molar-refractivity contribution >= 4 is 10.1 Å². The van der Waals surface area contributed by atoms with E-state index in [-0.39, 0.29) is 28.2 Å². The van der Waals surface area contributed by atoms with Crippen molar-refractivity contribution in [1.29, 1.82) is 10.5 Å². The van der Waals surface area contributed by atoms with Crippen LogP contribution < -0.4 is 9.46 Å². The van der Waals surface area contributed by atoms with E-state index in [2.05, 4.69) is 0 Å². The normalized spacial score (nSPS) is 18.6.